The van der Waals surface area contributed by atoms with Crippen molar-refractivity contribution in [1.29, 1.82) is 0 Å². The van der Waals surface area contributed by atoms with Gasteiger partial charge in [0.2, 0.25) is 0 Å². The molecule has 1 aliphatic heterocycles. The van der Waals surface area contributed by atoms with Crippen molar-refractivity contribution in [2.24, 2.45) is 0 Å². The van der Waals surface area contributed by atoms with Gasteiger partial charge in [0.15, 0.2) is 0 Å². The Balaban J connectivity index is 0.00000106. The summed E-state index contributed by atoms with van der Waals surface area (Å²) in [6, 6.07) is 2.59. The zero-order valence-corrected chi connectivity index (χ0v) is 14.3. The van der Waals surface area contributed by atoms with Crippen molar-refractivity contribution >= 4 is 5.91 Å². The fraction of sp³-hybridized carbons (Fsp3) is 0.750. The number of amides is 1. The highest BCUT2D eigenvalue weighted by Crippen LogP contribution is 2.15. The Bertz CT molecular complexity index is 451. The van der Waals surface area contributed by atoms with Crippen LogP contribution in [0, 0.1) is 0 Å². The zero-order chi connectivity index (χ0) is 16.0. The number of hydrogen-bond donors (Lipinski definition) is 1. The molecule has 2 heterocycles. The van der Waals surface area contributed by atoms with Crippen LogP contribution in [0.4, 0.5) is 0 Å². The number of aromatic nitrogens is 2. The van der Waals surface area contributed by atoms with Gasteiger partial charge in [-0.15, -0.1) is 0 Å². The van der Waals surface area contributed by atoms with E-state index in [0.29, 0.717) is 11.7 Å². The van der Waals surface area contributed by atoms with Gasteiger partial charge in [0, 0.05) is 31.7 Å². The van der Waals surface area contributed by atoms with E-state index in [9.17, 15) is 4.79 Å². The summed E-state index contributed by atoms with van der Waals surface area (Å²) in [6.45, 7) is 15.2. The third-order valence-electron chi connectivity index (χ3n) is 3.43. The van der Waals surface area contributed by atoms with Gasteiger partial charge >= 0.3 is 0 Å². The van der Waals surface area contributed by atoms with Crippen LogP contribution < -0.4 is 5.32 Å². The molecule has 0 saturated carbocycles. The Morgan fingerprint density at radius 2 is 1.90 bits per heavy atom. The van der Waals surface area contributed by atoms with E-state index >= 15 is 0 Å². The molecule has 1 aromatic rings. The van der Waals surface area contributed by atoms with Crippen molar-refractivity contribution in [2.75, 3.05) is 6.54 Å². The largest absolute Gasteiger partial charge is 0.348 e. The highest BCUT2D eigenvalue weighted by atomic mass is 16.2. The lowest BCUT2D eigenvalue weighted by atomic mass is 10.2. The van der Waals surface area contributed by atoms with Crippen molar-refractivity contribution in [2.45, 2.75) is 73.1 Å². The minimum Gasteiger partial charge on any atom is -0.348 e. The predicted molar refractivity (Wildman–Crippen MR) is 86.3 cm³/mol. The summed E-state index contributed by atoms with van der Waals surface area (Å²) in [5.41, 5.74) is 1.68. The molecule has 2 rings (SSSR count). The monoisotopic (exact) mass is 294 g/mol. The summed E-state index contributed by atoms with van der Waals surface area (Å²) in [5, 5.41) is 7.32. The van der Waals surface area contributed by atoms with Gasteiger partial charge in [-0.1, -0.05) is 13.8 Å². The quantitative estimate of drug-likeness (QED) is 0.932. The van der Waals surface area contributed by atoms with Gasteiger partial charge in [-0.3, -0.25) is 14.4 Å². The van der Waals surface area contributed by atoms with Gasteiger partial charge in [0.05, 0.1) is 5.69 Å². The molecule has 1 N–H and O–H groups in total. The Kier molecular flexibility index (Phi) is 6.89. The third kappa shape index (κ3) is 4.84. The normalized spacial score (nSPS) is 15.2. The molecule has 5 heteroatoms. The molecule has 0 saturated heterocycles. The van der Waals surface area contributed by atoms with Crippen LogP contribution in [-0.2, 0) is 13.1 Å². The van der Waals surface area contributed by atoms with Gasteiger partial charge in [-0.25, -0.2) is 0 Å². The lowest BCUT2D eigenvalue weighted by Gasteiger charge is -2.23. The van der Waals surface area contributed by atoms with Gasteiger partial charge in [0.1, 0.15) is 5.69 Å². The van der Waals surface area contributed by atoms with E-state index in [0.717, 1.165) is 31.7 Å². The standard InChI is InChI=1S/C14H24N4O.C2H6/c1-10(2)15-14(19)13-8-12-9-17(11(3)4)6-5-7-18(12)16-13;1-2/h8,10-11H,5-7,9H2,1-4H3,(H,15,19);1-2H3. The first-order valence-electron chi connectivity index (χ1n) is 8.09. The second kappa shape index (κ2) is 8.17. The molecule has 0 unspecified atom stereocenters. The topological polar surface area (TPSA) is 50.2 Å². The van der Waals surface area contributed by atoms with Crippen LogP contribution >= 0.6 is 0 Å². The van der Waals surface area contributed by atoms with Crippen LogP contribution in [0.25, 0.3) is 0 Å². The number of nitrogens with zero attached hydrogens (tertiary/aromatic N) is 3. The average molecular weight is 294 g/mol. The third-order valence-corrected chi connectivity index (χ3v) is 3.43. The number of aryl methyl sites for hydroxylation is 1. The minimum absolute atomic E-state index is 0.0772. The van der Waals surface area contributed by atoms with Crippen LogP contribution in [0.1, 0.15) is 64.1 Å². The first kappa shape index (κ1) is 17.7. The van der Waals surface area contributed by atoms with Crippen molar-refractivity contribution in [1.82, 2.24) is 20.0 Å². The Labute approximate surface area is 128 Å². The van der Waals surface area contributed by atoms with Crippen LogP contribution in [0.5, 0.6) is 0 Å². The maximum Gasteiger partial charge on any atom is 0.271 e. The van der Waals surface area contributed by atoms with E-state index in [4.69, 9.17) is 0 Å². The van der Waals surface area contributed by atoms with Crippen LogP contribution in [0.15, 0.2) is 6.07 Å². The lowest BCUT2D eigenvalue weighted by molar-refractivity contribution is 0.0937. The lowest BCUT2D eigenvalue weighted by Crippen LogP contribution is -2.31. The molecule has 0 aliphatic carbocycles. The summed E-state index contributed by atoms with van der Waals surface area (Å²) in [5.74, 6) is -0.0772. The molecule has 0 fully saturated rings. The molecule has 0 aromatic carbocycles. The van der Waals surface area contributed by atoms with Crippen molar-refractivity contribution in [3.05, 3.63) is 17.5 Å². The fourth-order valence-corrected chi connectivity index (χ4v) is 2.37. The Hall–Kier alpha value is -1.36. The number of hydrogen-bond acceptors (Lipinski definition) is 3. The van der Waals surface area contributed by atoms with Crippen LogP contribution in [0.3, 0.4) is 0 Å². The summed E-state index contributed by atoms with van der Waals surface area (Å²) in [7, 11) is 0. The predicted octanol–water partition coefficient (Wildman–Crippen LogP) is 2.66. The summed E-state index contributed by atoms with van der Waals surface area (Å²) in [6.07, 6.45) is 1.08. The Morgan fingerprint density at radius 1 is 1.24 bits per heavy atom. The average Bonchev–Trinajstić information content (AvgIpc) is 2.72. The minimum atomic E-state index is -0.0772. The zero-order valence-electron chi connectivity index (χ0n) is 14.3. The van der Waals surface area contributed by atoms with Gasteiger partial charge in [0.25, 0.3) is 5.91 Å². The number of fused-ring (bicyclic) bond motifs is 1. The van der Waals surface area contributed by atoms with E-state index in [2.05, 4.69) is 29.2 Å². The first-order valence-corrected chi connectivity index (χ1v) is 8.09. The molecule has 21 heavy (non-hydrogen) atoms. The van der Waals surface area contributed by atoms with E-state index < -0.39 is 0 Å². The van der Waals surface area contributed by atoms with E-state index in [1.807, 2.05) is 38.4 Å². The van der Waals surface area contributed by atoms with Crippen molar-refractivity contribution < 1.29 is 4.79 Å². The smallest absolute Gasteiger partial charge is 0.271 e. The number of carbonyl (C=O) groups is 1. The van der Waals surface area contributed by atoms with E-state index in [1.54, 1.807) is 0 Å². The number of rotatable bonds is 3. The molecule has 1 aliphatic rings. The number of nitrogens with one attached hydrogen (secondary N) is 1. The van der Waals surface area contributed by atoms with Gasteiger partial charge < -0.3 is 5.32 Å². The number of carbonyl (C=O) groups excluding carboxylic acids is 1. The molecular formula is C16H30N4O. The molecule has 1 amide bonds. The summed E-state index contributed by atoms with van der Waals surface area (Å²) < 4.78 is 1.98. The molecule has 0 radical (unpaired) electrons. The molecule has 1 aromatic heterocycles. The van der Waals surface area contributed by atoms with Gasteiger partial charge in [-0.05, 0) is 40.2 Å². The van der Waals surface area contributed by atoms with Crippen molar-refractivity contribution in [3.8, 4) is 0 Å². The summed E-state index contributed by atoms with van der Waals surface area (Å²) in [4.78, 5) is 14.4. The molecule has 0 atom stereocenters. The van der Waals surface area contributed by atoms with Gasteiger partial charge in [-0.2, -0.15) is 5.10 Å². The highest BCUT2D eigenvalue weighted by molar-refractivity contribution is 5.92. The van der Waals surface area contributed by atoms with E-state index in [-0.39, 0.29) is 11.9 Å². The molecule has 120 valence electrons. The maximum absolute atomic E-state index is 12.0. The second-order valence-corrected chi connectivity index (χ2v) is 5.79. The Morgan fingerprint density at radius 3 is 2.48 bits per heavy atom. The second-order valence-electron chi connectivity index (χ2n) is 5.79. The van der Waals surface area contributed by atoms with Crippen LogP contribution in [0.2, 0.25) is 0 Å². The first-order chi connectivity index (χ1) is 9.97. The highest BCUT2D eigenvalue weighted by Gasteiger charge is 2.20. The van der Waals surface area contributed by atoms with E-state index in [1.165, 1.54) is 0 Å². The maximum atomic E-state index is 12.0. The summed E-state index contributed by atoms with van der Waals surface area (Å²) >= 11 is 0. The molecule has 0 spiro atoms. The fourth-order valence-electron chi connectivity index (χ4n) is 2.37. The molecular weight excluding hydrogens is 264 g/mol. The molecule has 5 nitrogen and oxygen atoms in total. The van der Waals surface area contributed by atoms with Crippen LogP contribution in [-0.4, -0.2) is 39.2 Å². The SMILES string of the molecule is CC.CC(C)NC(=O)c1cc2n(n1)CCCN(C(C)C)C2. The molecule has 0 bridgehead atoms. The van der Waals surface area contributed by atoms with Crippen molar-refractivity contribution in [3.63, 3.8) is 0 Å².